The molecule has 0 spiro atoms. The normalized spacial score (nSPS) is 18.7. The summed E-state index contributed by atoms with van der Waals surface area (Å²) >= 11 is 3.52. The number of H-pyrrole nitrogens is 1. The van der Waals surface area contributed by atoms with Gasteiger partial charge < -0.3 is 9.88 Å². The highest BCUT2D eigenvalue weighted by atomic mass is 79.9. The standard InChI is InChI=1S/C22H23BrN2O/c1-3-14(2)25-19(12-13-20(25)26)21-17-6-4-5-7-18(17)24-22(21)15-8-10-16(23)11-9-15/h4-11,14,19,24H,3,12-13H2,1-2H3/t14-,19+/m1/s1. The monoisotopic (exact) mass is 410 g/mol. The van der Waals surface area contributed by atoms with Crippen LogP contribution >= 0.6 is 15.9 Å². The minimum absolute atomic E-state index is 0.132. The number of para-hydroxylation sites is 1. The van der Waals surface area contributed by atoms with E-state index < -0.39 is 0 Å². The number of rotatable bonds is 4. The number of likely N-dealkylation sites (tertiary alicyclic amines) is 1. The van der Waals surface area contributed by atoms with Crippen LogP contribution in [0.1, 0.15) is 44.7 Å². The van der Waals surface area contributed by atoms with Crippen LogP contribution in [0, 0.1) is 0 Å². The van der Waals surface area contributed by atoms with Crippen LogP contribution in [0.4, 0.5) is 0 Å². The Morgan fingerprint density at radius 3 is 2.65 bits per heavy atom. The number of aromatic nitrogens is 1. The molecule has 0 radical (unpaired) electrons. The summed E-state index contributed by atoms with van der Waals surface area (Å²) in [5.74, 6) is 0.274. The number of nitrogens with one attached hydrogen (secondary N) is 1. The molecule has 2 aromatic carbocycles. The minimum Gasteiger partial charge on any atom is -0.354 e. The zero-order chi connectivity index (χ0) is 18.3. The number of benzene rings is 2. The SMILES string of the molecule is CC[C@@H](C)N1C(=O)CC[C@H]1c1c(-c2ccc(Br)cc2)[nH]c2ccccc12. The summed E-state index contributed by atoms with van der Waals surface area (Å²) in [6.45, 7) is 4.31. The van der Waals surface area contributed by atoms with Crippen molar-refractivity contribution >= 4 is 32.7 Å². The first-order valence-corrected chi connectivity index (χ1v) is 10.1. The topological polar surface area (TPSA) is 36.1 Å². The predicted octanol–water partition coefficient (Wildman–Crippen LogP) is 6.06. The molecule has 3 nitrogen and oxygen atoms in total. The Labute approximate surface area is 162 Å². The lowest BCUT2D eigenvalue weighted by Gasteiger charge is -2.31. The summed E-state index contributed by atoms with van der Waals surface area (Å²) in [5, 5.41) is 1.22. The van der Waals surface area contributed by atoms with Crippen LogP contribution in [0.2, 0.25) is 0 Å². The molecule has 1 N–H and O–H groups in total. The number of amides is 1. The van der Waals surface area contributed by atoms with Crippen LogP contribution in [-0.4, -0.2) is 21.8 Å². The van der Waals surface area contributed by atoms with E-state index in [4.69, 9.17) is 0 Å². The Bertz CT molecular complexity index is 944. The van der Waals surface area contributed by atoms with E-state index in [-0.39, 0.29) is 18.0 Å². The number of fused-ring (bicyclic) bond motifs is 1. The molecule has 134 valence electrons. The van der Waals surface area contributed by atoms with Crippen LogP contribution in [0.3, 0.4) is 0 Å². The van der Waals surface area contributed by atoms with Gasteiger partial charge in [-0.1, -0.05) is 53.2 Å². The molecule has 2 heterocycles. The Morgan fingerprint density at radius 2 is 1.92 bits per heavy atom. The number of nitrogens with zero attached hydrogens (tertiary/aromatic N) is 1. The lowest BCUT2D eigenvalue weighted by atomic mass is 9.96. The van der Waals surface area contributed by atoms with Crippen LogP contribution in [0.15, 0.2) is 53.0 Å². The summed E-state index contributed by atoms with van der Waals surface area (Å²) in [4.78, 5) is 18.3. The number of carbonyl (C=O) groups excluding carboxylic acids is 1. The maximum absolute atomic E-state index is 12.6. The molecule has 26 heavy (non-hydrogen) atoms. The minimum atomic E-state index is 0.132. The van der Waals surface area contributed by atoms with Crippen LogP contribution in [0.25, 0.3) is 22.2 Å². The Balaban J connectivity index is 1.92. The molecule has 1 aliphatic heterocycles. The first-order valence-electron chi connectivity index (χ1n) is 9.28. The number of aromatic amines is 1. The van der Waals surface area contributed by atoms with Gasteiger partial charge in [0.1, 0.15) is 0 Å². The average molecular weight is 411 g/mol. The van der Waals surface area contributed by atoms with Crippen molar-refractivity contribution in [3.05, 3.63) is 58.6 Å². The molecule has 2 atom stereocenters. The first kappa shape index (κ1) is 17.3. The van der Waals surface area contributed by atoms with Gasteiger partial charge in [-0.05, 0) is 43.5 Å². The molecule has 1 amide bonds. The zero-order valence-electron chi connectivity index (χ0n) is 15.1. The van der Waals surface area contributed by atoms with Crippen molar-refractivity contribution in [2.45, 2.75) is 45.2 Å². The van der Waals surface area contributed by atoms with E-state index in [2.05, 4.69) is 88.2 Å². The van der Waals surface area contributed by atoms with Gasteiger partial charge in [-0.25, -0.2) is 0 Å². The van der Waals surface area contributed by atoms with Gasteiger partial charge in [0.25, 0.3) is 0 Å². The highest BCUT2D eigenvalue weighted by molar-refractivity contribution is 9.10. The van der Waals surface area contributed by atoms with E-state index in [1.807, 2.05) is 0 Å². The molecular formula is C22H23BrN2O. The number of hydrogen-bond donors (Lipinski definition) is 1. The third kappa shape index (κ3) is 2.86. The molecule has 3 aromatic rings. The van der Waals surface area contributed by atoms with Gasteiger partial charge in [0.05, 0.1) is 11.7 Å². The van der Waals surface area contributed by atoms with Gasteiger partial charge in [-0.2, -0.15) is 0 Å². The van der Waals surface area contributed by atoms with Crippen molar-refractivity contribution in [3.8, 4) is 11.3 Å². The molecule has 1 fully saturated rings. The fraction of sp³-hybridized carbons (Fsp3) is 0.318. The zero-order valence-corrected chi connectivity index (χ0v) is 16.7. The van der Waals surface area contributed by atoms with Gasteiger partial charge in [0.2, 0.25) is 5.91 Å². The van der Waals surface area contributed by atoms with Gasteiger partial charge >= 0.3 is 0 Å². The summed E-state index contributed by atoms with van der Waals surface area (Å²) in [7, 11) is 0. The van der Waals surface area contributed by atoms with Gasteiger partial charge in [0.15, 0.2) is 0 Å². The molecule has 1 saturated heterocycles. The average Bonchev–Trinajstić information content (AvgIpc) is 3.22. The molecule has 4 heteroatoms. The molecule has 0 unspecified atom stereocenters. The van der Waals surface area contributed by atoms with E-state index in [0.29, 0.717) is 6.42 Å². The van der Waals surface area contributed by atoms with E-state index in [1.54, 1.807) is 0 Å². The predicted molar refractivity (Wildman–Crippen MR) is 110 cm³/mol. The number of hydrogen-bond acceptors (Lipinski definition) is 1. The molecular weight excluding hydrogens is 388 g/mol. The Kier molecular flexibility index (Phi) is 4.62. The highest BCUT2D eigenvalue weighted by Crippen LogP contribution is 2.43. The third-order valence-electron chi connectivity index (χ3n) is 5.53. The lowest BCUT2D eigenvalue weighted by Crippen LogP contribution is -2.35. The Hall–Kier alpha value is -2.07. The van der Waals surface area contributed by atoms with E-state index in [0.717, 1.165) is 34.1 Å². The van der Waals surface area contributed by atoms with Crippen molar-refractivity contribution in [1.82, 2.24) is 9.88 Å². The second-order valence-electron chi connectivity index (χ2n) is 7.08. The van der Waals surface area contributed by atoms with E-state index in [9.17, 15) is 4.79 Å². The Morgan fingerprint density at radius 1 is 1.19 bits per heavy atom. The largest absolute Gasteiger partial charge is 0.354 e. The smallest absolute Gasteiger partial charge is 0.223 e. The summed E-state index contributed by atoms with van der Waals surface area (Å²) in [6, 6.07) is 17.2. The summed E-state index contributed by atoms with van der Waals surface area (Å²) < 4.78 is 1.07. The van der Waals surface area contributed by atoms with Gasteiger partial charge in [0, 0.05) is 33.4 Å². The molecule has 1 aromatic heterocycles. The van der Waals surface area contributed by atoms with Gasteiger partial charge in [-0.3, -0.25) is 4.79 Å². The van der Waals surface area contributed by atoms with Crippen molar-refractivity contribution in [3.63, 3.8) is 0 Å². The van der Waals surface area contributed by atoms with Gasteiger partial charge in [-0.15, -0.1) is 0 Å². The summed E-state index contributed by atoms with van der Waals surface area (Å²) in [5.41, 5.74) is 4.67. The number of carbonyl (C=O) groups is 1. The maximum Gasteiger partial charge on any atom is 0.223 e. The van der Waals surface area contributed by atoms with Crippen LogP contribution < -0.4 is 0 Å². The fourth-order valence-electron chi connectivity index (χ4n) is 4.09. The van der Waals surface area contributed by atoms with Crippen molar-refractivity contribution in [1.29, 1.82) is 0 Å². The molecule has 0 aliphatic carbocycles. The maximum atomic E-state index is 12.6. The molecule has 4 rings (SSSR count). The quantitative estimate of drug-likeness (QED) is 0.557. The fourth-order valence-corrected chi connectivity index (χ4v) is 4.35. The lowest BCUT2D eigenvalue weighted by molar-refractivity contribution is -0.131. The molecule has 1 aliphatic rings. The van der Waals surface area contributed by atoms with Crippen molar-refractivity contribution < 1.29 is 4.79 Å². The van der Waals surface area contributed by atoms with E-state index >= 15 is 0 Å². The second kappa shape index (κ2) is 6.92. The van der Waals surface area contributed by atoms with Crippen LogP contribution in [0.5, 0.6) is 0 Å². The van der Waals surface area contributed by atoms with Crippen molar-refractivity contribution in [2.75, 3.05) is 0 Å². The highest BCUT2D eigenvalue weighted by Gasteiger charge is 2.37. The molecule has 0 bridgehead atoms. The van der Waals surface area contributed by atoms with Crippen LogP contribution in [-0.2, 0) is 4.79 Å². The number of halogens is 1. The summed E-state index contributed by atoms with van der Waals surface area (Å²) in [6.07, 6.45) is 2.49. The molecule has 0 saturated carbocycles. The van der Waals surface area contributed by atoms with Crippen molar-refractivity contribution in [2.24, 2.45) is 0 Å². The first-order chi connectivity index (χ1) is 12.6. The third-order valence-corrected chi connectivity index (χ3v) is 6.06. The van der Waals surface area contributed by atoms with E-state index in [1.165, 1.54) is 10.9 Å². The second-order valence-corrected chi connectivity index (χ2v) is 7.99.